The van der Waals surface area contributed by atoms with E-state index in [1.165, 1.54) is 24.8 Å². The average Bonchev–Trinajstić information content (AvgIpc) is 2.58. The molecule has 1 aromatic rings. The molecule has 0 aromatic heterocycles. The van der Waals surface area contributed by atoms with Crippen LogP contribution in [0.3, 0.4) is 0 Å². The van der Waals surface area contributed by atoms with Crippen LogP contribution in [0.25, 0.3) is 0 Å². The van der Waals surface area contributed by atoms with Crippen molar-refractivity contribution >= 4 is 0 Å². The first-order chi connectivity index (χ1) is 11.4. The summed E-state index contributed by atoms with van der Waals surface area (Å²) in [4.78, 5) is 0. The van der Waals surface area contributed by atoms with Crippen molar-refractivity contribution in [1.82, 2.24) is 0 Å². The first kappa shape index (κ1) is 19.2. The van der Waals surface area contributed by atoms with Gasteiger partial charge in [0.1, 0.15) is 0 Å². The Morgan fingerprint density at radius 3 is 2.61 bits per heavy atom. The lowest BCUT2D eigenvalue weighted by atomic mass is 10.1. The molecule has 23 heavy (non-hydrogen) atoms. The van der Waals surface area contributed by atoms with E-state index in [2.05, 4.69) is 62.1 Å². The highest BCUT2D eigenvalue weighted by Crippen LogP contribution is 2.08. The lowest BCUT2D eigenvalue weighted by Gasteiger charge is -2.13. The van der Waals surface area contributed by atoms with Gasteiger partial charge in [-0.2, -0.15) is 0 Å². The van der Waals surface area contributed by atoms with Gasteiger partial charge in [-0.3, -0.25) is 0 Å². The Labute approximate surface area is 142 Å². The molecular formula is C22H30O. The normalized spacial score (nSPS) is 13.3. The van der Waals surface area contributed by atoms with Crippen LogP contribution < -0.4 is 0 Å². The molecule has 0 fully saturated rings. The molecule has 0 spiro atoms. The Balaban J connectivity index is 2.49. The molecule has 0 aliphatic heterocycles. The maximum atomic E-state index is 5.94. The topological polar surface area (TPSA) is 9.23 Å². The monoisotopic (exact) mass is 310 g/mol. The fourth-order valence-electron chi connectivity index (χ4n) is 2.23. The van der Waals surface area contributed by atoms with Crippen molar-refractivity contribution in [3.05, 3.63) is 85.0 Å². The summed E-state index contributed by atoms with van der Waals surface area (Å²) in [6, 6.07) is 10.5. The van der Waals surface area contributed by atoms with E-state index in [1.807, 2.05) is 18.2 Å². The van der Waals surface area contributed by atoms with E-state index in [-0.39, 0.29) is 6.10 Å². The molecule has 0 saturated heterocycles. The summed E-state index contributed by atoms with van der Waals surface area (Å²) in [6.07, 6.45) is 20.3. The van der Waals surface area contributed by atoms with E-state index in [0.29, 0.717) is 6.61 Å². The number of rotatable bonds is 12. The molecule has 1 rings (SSSR count). The zero-order valence-corrected chi connectivity index (χ0v) is 14.4. The molecule has 0 radical (unpaired) electrons. The standard InChI is InChI=1S/C22H30O/c1-3-5-7-8-9-10-14-18-22(23-19-15-6-4-2)20-21-16-12-11-13-17-21/h4,6,9-18,22H,2-3,5,7-8,19-20H2,1H3/b10-9+,15-6+,18-14+. The molecule has 0 heterocycles. The Morgan fingerprint density at radius 2 is 1.87 bits per heavy atom. The summed E-state index contributed by atoms with van der Waals surface area (Å²) in [5, 5.41) is 0. The minimum absolute atomic E-state index is 0.0900. The molecule has 0 aliphatic carbocycles. The largest absolute Gasteiger partial charge is 0.370 e. The highest BCUT2D eigenvalue weighted by Gasteiger charge is 2.05. The third-order valence-corrected chi connectivity index (χ3v) is 3.51. The second-order valence-corrected chi connectivity index (χ2v) is 5.53. The van der Waals surface area contributed by atoms with Crippen molar-refractivity contribution in [3.8, 4) is 0 Å². The van der Waals surface area contributed by atoms with Crippen LogP contribution in [0.4, 0.5) is 0 Å². The molecular weight excluding hydrogens is 280 g/mol. The molecule has 0 aliphatic rings. The minimum atomic E-state index is 0.0900. The molecule has 1 atom stereocenters. The number of ether oxygens (including phenoxy) is 1. The zero-order chi connectivity index (χ0) is 16.6. The van der Waals surface area contributed by atoms with Crippen molar-refractivity contribution in [2.24, 2.45) is 0 Å². The summed E-state index contributed by atoms with van der Waals surface area (Å²) in [5.41, 5.74) is 1.29. The van der Waals surface area contributed by atoms with Crippen molar-refractivity contribution < 1.29 is 4.74 Å². The van der Waals surface area contributed by atoms with Gasteiger partial charge in [-0.15, -0.1) is 0 Å². The van der Waals surface area contributed by atoms with E-state index in [4.69, 9.17) is 4.74 Å². The van der Waals surface area contributed by atoms with E-state index in [0.717, 1.165) is 12.8 Å². The molecule has 1 heteroatoms. The number of unbranched alkanes of at least 4 members (excludes halogenated alkanes) is 3. The van der Waals surface area contributed by atoms with Crippen LogP contribution in [0.1, 0.15) is 38.2 Å². The number of benzene rings is 1. The van der Waals surface area contributed by atoms with Gasteiger partial charge in [0, 0.05) is 6.42 Å². The van der Waals surface area contributed by atoms with E-state index < -0.39 is 0 Å². The van der Waals surface area contributed by atoms with Gasteiger partial charge >= 0.3 is 0 Å². The predicted octanol–water partition coefficient (Wildman–Crippen LogP) is 6.05. The summed E-state index contributed by atoms with van der Waals surface area (Å²) >= 11 is 0. The van der Waals surface area contributed by atoms with Crippen molar-refractivity contribution in [1.29, 1.82) is 0 Å². The maximum Gasteiger partial charge on any atom is 0.0803 e. The summed E-state index contributed by atoms with van der Waals surface area (Å²) in [5.74, 6) is 0. The van der Waals surface area contributed by atoms with Gasteiger partial charge < -0.3 is 4.74 Å². The van der Waals surface area contributed by atoms with Crippen molar-refractivity contribution in [3.63, 3.8) is 0 Å². The Kier molecular flexibility index (Phi) is 11.5. The zero-order valence-electron chi connectivity index (χ0n) is 14.4. The van der Waals surface area contributed by atoms with Gasteiger partial charge in [0.15, 0.2) is 0 Å². The molecule has 124 valence electrons. The highest BCUT2D eigenvalue weighted by molar-refractivity contribution is 5.17. The number of hydrogen-bond donors (Lipinski definition) is 0. The number of hydrogen-bond acceptors (Lipinski definition) is 1. The summed E-state index contributed by atoms with van der Waals surface area (Å²) in [6.45, 7) is 6.51. The predicted molar refractivity (Wildman–Crippen MR) is 102 cm³/mol. The number of allylic oxidation sites excluding steroid dienone is 5. The van der Waals surface area contributed by atoms with Crippen LogP contribution >= 0.6 is 0 Å². The van der Waals surface area contributed by atoms with E-state index in [9.17, 15) is 0 Å². The van der Waals surface area contributed by atoms with Gasteiger partial charge in [-0.1, -0.05) is 99.2 Å². The maximum absolute atomic E-state index is 5.94. The van der Waals surface area contributed by atoms with Gasteiger partial charge in [-0.05, 0) is 18.4 Å². The van der Waals surface area contributed by atoms with Crippen LogP contribution in [-0.2, 0) is 11.2 Å². The lowest BCUT2D eigenvalue weighted by Crippen LogP contribution is -2.13. The van der Waals surface area contributed by atoms with Crippen molar-refractivity contribution in [2.45, 2.75) is 45.1 Å². The third kappa shape index (κ3) is 10.5. The lowest BCUT2D eigenvalue weighted by molar-refractivity contribution is 0.109. The fraction of sp³-hybridized carbons (Fsp3) is 0.364. The van der Waals surface area contributed by atoms with Crippen LogP contribution in [-0.4, -0.2) is 12.7 Å². The summed E-state index contributed by atoms with van der Waals surface area (Å²) < 4.78 is 5.94. The molecule has 1 aromatic carbocycles. The smallest absolute Gasteiger partial charge is 0.0803 e. The molecule has 0 N–H and O–H groups in total. The Bertz CT molecular complexity index is 482. The van der Waals surface area contributed by atoms with Gasteiger partial charge in [0.2, 0.25) is 0 Å². The van der Waals surface area contributed by atoms with Gasteiger partial charge in [0.25, 0.3) is 0 Å². The minimum Gasteiger partial charge on any atom is -0.370 e. The fourth-order valence-corrected chi connectivity index (χ4v) is 2.23. The molecule has 0 bridgehead atoms. The summed E-state index contributed by atoms with van der Waals surface area (Å²) in [7, 11) is 0. The second kappa shape index (κ2) is 13.8. The first-order valence-corrected chi connectivity index (χ1v) is 8.63. The van der Waals surface area contributed by atoms with Crippen LogP contribution in [0.2, 0.25) is 0 Å². The van der Waals surface area contributed by atoms with E-state index >= 15 is 0 Å². The van der Waals surface area contributed by atoms with Crippen LogP contribution in [0, 0.1) is 0 Å². The molecule has 1 unspecified atom stereocenters. The quantitative estimate of drug-likeness (QED) is 0.337. The average molecular weight is 310 g/mol. The van der Waals surface area contributed by atoms with E-state index in [1.54, 1.807) is 6.08 Å². The molecule has 1 nitrogen and oxygen atoms in total. The van der Waals surface area contributed by atoms with Gasteiger partial charge in [-0.25, -0.2) is 0 Å². The Morgan fingerprint density at radius 1 is 1.04 bits per heavy atom. The molecule has 0 saturated carbocycles. The third-order valence-electron chi connectivity index (χ3n) is 3.51. The van der Waals surface area contributed by atoms with Crippen molar-refractivity contribution in [2.75, 3.05) is 6.61 Å². The van der Waals surface area contributed by atoms with Crippen LogP contribution in [0.15, 0.2) is 79.4 Å². The second-order valence-electron chi connectivity index (χ2n) is 5.53. The SMILES string of the molecule is C=C/C=C/COC(/C=C/C=C/CCCCC)Cc1ccccc1. The van der Waals surface area contributed by atoms with Crippen LogP contribution in [0.5, 0.6) is 0 Å². The Hall–Kier alpha value is -1.86. The highest BCUT2D eigenvalue weighted by atomic mass is 16.5. The molecule has 0 amide bonds. The van der Waals surface area contributed by atoms with Gasteiger partial charge in [0.05, 0.1) is 12.7 Å². The first-order valence-electron chi connectivity index (χ1n) is 8.63.